The third-order valence-corrected chi connectivity index (χ3v) is 2.38. The fourth-order valence-electron chi connectivity index (χ4n) is 1.38. The van der Waals surface area contributed by atoms with E-state index in [-0.39, 0.29) is 11.9 Å². The summed E-state index contributed by atoms with van der Waals surface area (Å²) in [5, 5.41) is 2.76. The quantitative estimate of drug-likeness (QED) is 0.896. The number of hydrogen-bond acceptors (Lipinski definition) is 4. The van der Waals surface area contributed by atoms with Gasteiger partial charge in [0.1, 0.15) is 0 Å². The Hall–Kier alpha value is -2.43. The third-order valence-electron chi connectivity index (χ3n) is 2.38. The minimum atomic E-state index is -0.249. The molecule has 0 unspecified atom stereocenters. The number of aromatic nitrogens is 2. The van der Waals surface area contributed by atoms with Crippen LogP contribution in [0.25, 0.3) is 0 Å². The Kier molecular flexibility index (Phi) is 3.52. The topological polar surface area (TPSA) is 64.1 Å². The van der Waals surface area contributed by atoms with E-state index >= 15 is 0 Å². The van der Waals surface area contributed by atoms with Gasteiger partial charge in [-0.15, -0.1) is 0 Å². The smallest absolute Gasteiger partial charge is 0.316 e. The fraction of sp³-hybridized carbons (Fsp3) is 0.154. The van der Waals surface area contributed by atoms with Crippen LogP contribution < -0.4 is 10.1 Å². The van der Waals surface area contributed by atoms with Crippen LogP contribution >= 0.6 is 0 Å². The number of anilines is 1. The maximum atomic E-state index is 11.9. The summed E-state index contributed by atoms with van der Waals surface area (Å²) in [7, 11) is 1.47. The first kappa shape index (κ1) is 12.0. The van der Waals surface area contributed by atoms with Gasteiger partial charge >= 0.3 is 6.01 Å². The molecule has 0 saturated heterocycles. The van der Waals surface area contributed by atoms with Crippen LogP contribution in [0.5, 0.6) is 6.01 Å². The number of benzene rings is 1. The zero-order valence-electron chi connectivity index (χ0n) is 10.2. The summed E-state index contributed by atoms with van der Waals surface area (Å²) in [6.07, 6.45) is 2.85. The molecule has 0 saturated carbocycles. The summed E-state index contributed by atoms with van der Waals surface area (Å²) in [4.78, 5) is 19.6. The van der Waals surface area contributed by atoms with Crippen molar-refractivity contribution in [2.75, 3.05) is 12.4 Å². The molecule has 1 amide bonds. The second-order valence-corrected chi connectivity index (χ2v) is 3.78. The number of aryl methyl sites for hydroxylation is 1. The van der Waals surface area contributed by atoms with Crippen molar-refractivity contribution < 1.29 is 9.53 Å². The van der Waals surface area contributed by atoms with Crippen LogP contribution in [-0.2, 0) is 0 Å². The largest absolute Gasteiger partial charge is 0.467 e. The molecule has 5 nitrogen and oxygen atoms in total. The Bertz CT molecular complexity index is 535. The van der Waals surface area contributed by atoms with Crippen molar-refractivity contribution in [2.24, 2.45) is 0 Å². The molecule has 0 spiro atoms. The van der Waals surface area contributed by atoms with Gasteiger partial charge in [0.25, 0.3) is 5.91 Å². The van der Waals surface area contributed by atoms with Crippen LogP contribution in [0.3, 0.4) is 0 Å². The van der Waals surface area contributed by atoms with E-state index in [9.17, 15) is 4.79 Å². The number of rotatable bonds is 3. The Labute approximate surface area is 105 Å². The number of nitrogens with one attached hydrogen (secondary N) is 1. The normalized spacial score (nSPS) is 9.89. The lowest BCUT2D eigenvalue weighted by atomic mass is 10.2. The van der Waals surface area contributed by atoms with Gasteiger partial charge in [0.15, 0.2) is 0 Å². The lowest BCUT2D eigenvalue weighted by molar-refractivity contribution is 0.102. The highest BCUT2D eigenvalue weighted by molar-refractivity contribution is 6.03. The summed E-state index contributed by atoms with van der Waals surface area (Å²) < 4.78 is 4.83. The van der Waals surface area contributed by atoms with Crippen molar-refractivity contribution in [3.8, 4) is 6.01 Å². The van der Waals surface area contributed by atoms with Gasteiger partial charge in [0, 0.05) is 18.1 Å². The van der Waals surface area contributed by atoms with Gasteiger partial charge in [0.05, 0.1) is 12.7 Å². The predicted octanol–water partition coefficient (Wildman–Crippen LogP) is 2.05. The van der Waals surface area contributed by atoms with E-state index in [1.165, 1.54) is 19.5 Å². The molecule has 0 aliphatic rings. The van der Waals surface area contributed by atoms with Crippen molar-refractivity contribution in [2.45, 2.75) is 6.92 Å². The molecule has 1 heterocycles. The molecule has 18 heavy (non-hydrogen) atoms. The summed E-state index contributed by atoms with van der Waals surface area (Å²) in [6, 6.07) is 7.79. The molecule has 0 fully saturated rings. The monoisotopic (exact) mass is 243 g/mol. The SMILES string of the molecule is COc1ncc(C(=O)Nc2ccc(C)cc2)cn1. The van der Waals surface area contributed by atoms with E-state index in [1.54, 1.807) is 0 Å². The number of carbonyl (C=O) groups excluding carboxylic acids is 1. The average Bonchev–Trinajstić information content (AvgIpc) is 2.41. The van der Waals surface area contributed by atoms with Crippen molar-refractivity contribution in [3.63, 3.8) is 0 Å². The minimum absolute atomic E-state index is 0.238. The van der Waals surface area contributed by atoms with Crippen LogP contribution in [-0.4, -0.2) is 23.0 Å². The second-order valence-electron chi connectivity index (χ2n) is 3.78. The summed E-state index contributed by atoms with van der Waals surface area (Å²) in [6.45, 7) is 1.99. The minimum Gasteiger partial charge on any atom is -0.467 e. The van der Waals surface area contributed by atoms with Gasteiger partial charge in [-0.05, 0) is 19.1 Å². The first-order valence-corrected chi connectivity index (χ1v) is 5.43. The number of hydrogen-bond donors (Lipinski definition) is 1. The molecular formula is C13H13N3O2. The molecule has 0 radical (unpaired) electrons. The van der Waals surface area contributed by atoms with Crippen molar-refractivity contribution in [1.82, 2.24) is 9.97 Å². The van der Waals surface area contributed by atoms with Gasteiger partial charge in [-0.1, -0.05) is 17.7 Å². The first-order valence-electron chi connectivity index (χ1n) is 5.43. The van der Waals surface area contributed by atoms with E-state index in [1.807, 2.05) is 31.2 Å². The molecule has 0 aliphatic heterocycles. The number of methoxy groups -OCH3 is 1. The molecule has 5 heteroatoms. The van der Waals surface area contributed by atoms with E-state index in [2.05, 4.69) is 15.3 Å². The van der Waals surface area contributed by atoms with Gasteiger partial charge in [-0.3, -0.25) is 4.79 Å². The zero-order valence-corrected chi connectivity index (χ0v) is 10.2. The Morgan fingerprint density at radius 2 is 1.78 bits per heavy atom. The van der Waals surface area contributed by atoms with Crippen molar-refractivity contribution >= 4 is 11.6 Å². The number of amides is 1. The molecule has 2 aromatic rings. The number of nitrogens with zero attached hydrogens (tertiary/aromatic N) is 2. The lowest BCUT2D eigenvalue weighted by Crippen LogP contribution is -2.12. The number of ether oxygens (including phenoxy) is 1. The Morgan fingerprint density at radius 1 is 1.17 bits per heavy atom. The summed E-state index contributed by atoms with van der Waals surface area (Å²) in [5.41, 5.74) is 2.26. The molecule has 1 aromatic heterocycles. The highest BCUT2D eigenvalue weighted by atomic mass is 16.5. The van der Waals surface area contributed by atoms with Crippen LogP contribution in [0.2, 0.25) is 0 Å². The Balaban J connectivity index is 2.09. The highest BCUT2D eigenvalue weighted by Crippen LogP contribution is 2.10. The molecule has 1 aromatic carbocycles. The van der Waals surface area contributed by atoms with Crippen LogP contribution in [0.4, 0.5) is 5.69 Å². The zero-order chi connectivity index (χ0) is 13.0. The Morgan fingerprint density at radius 3 is 2.33 bits per heavy atom. The van der Waals surface area contributed by atoms with Gasteiger partial charge in [-0.2, -0.15) is 0 Å². The van der Waals surface area contributed by atoms with Gasteiger partial charge < -0.3 is 10.1 Å². The maximum Gasteiger partial charge on any atom is 0.316 e. The second kappa shape index (κ2) is 5.27. The van der Waals surface area contributed by atoms with Crippen LogP contribution in [0.1, 0.15) is 15.9 Å². The van der Waals surface area contributed by atoms with Crippen LogP contribution in [0, 0.1) is 6.92 Å². The molecule has 1 N–H and O–H groups in total. The molecule has 0 bridgehead atoms. The van der Waals surface area contributed by atoms with E-state index in [0.717, 1.165) is 11.3 Å². The predicted molar refractivity (Wildman–Crippen MR) is 67.7 cm³/mol. The maximum absolute atomic E-state index is 11.9. The average molecular weight is 243 g/mol. The molecule has 92 valence electrons. The van der Waals surface area contributed by atoms with Crippen molar-refractivity contribution in [1.29, 1.82) is 0 Å². The molecule has 0 aliphatic carbocycles. The van der Waals surface area contributed by atoms with Crippen molar-refractivity contribution in [3.05, 3.63) is 47.8 Å². The lowest BCUT2D eigenvalue weighted by Gasteiger charge is -2.05. The van der Waals surface area contributed by atoms with Gasteiger partial charge in [0.2, 0.25) is 0 Å². The van der Waals surface area contributed by atoms with E-state index < -0.39 is 0 Å². The van der Waals surface area contributed by atoms with Gasteiger partial charge in [-0.25, -0.2) is 9.97 Å². The highest BCUT2D eigenvalue weighted by Gasteiger charge is 2.07. The third kappa shape index (κ3) is 2.82. The van der Waals surface area contributed by atoms with E-state index in [4.69, 9.17) is 4.74 Å². The summed E-state index contributed by atoms with van der Waals surface area (Å²) >= 11 is 0. The van der Waals surface area contributed by atoms with E-state index in [0.29, 0.717) is 5.56 Å². The number of carbonyl (C=O) groups is 1. The van der Waals surface area contributed by atoms with Crippen LogP contribution in [0.15, 0.2) is 36.7 Å². The molecule has 0 atom stereocenters. The molecule has 2 rings (SSSR count). The first-order chi connectivity index (χ1) is 8.69. The summed E-state index contributed by atoms with van der Waals surface area (Å²) in [5.74, 6) is -0.249. The fourth-order valence-corrected chi connectivity index (χ4v) is 1.38. The molecular weight excluding hydrogens is 230 g/mol. The standard InChI is InChI=1S/C13H13N3O2/c1-9-3-5-11(6-4-9)16-12(17)10-7-14-13(18-2)15-8-10/h3-8H,1-2H3,(H,16,17).